The lowest BCUT2D eigenvalue weighted by Crippen LogP contribution is -2.04. The zero-order chi connectivity index (χ0) is 37.7. The molecule has 20 heteroatoms. The molecule has 0 radical (unpaired) electrons. The molecule has 6 aromatic rings. The van der Waals surface area contributed by atoms with Crippen LogP contribution in [-0.2, 0) is 30.4 Å². The maximum Gasteiger partial charge on any atom is 0.296 e. The lowest BCUT2D eigenvalue weighted by Gasteiger charge is -2.12. The van der Waals surface area contributed by atoms with E-state index in [0.717, 1.165) is 18.2 Å². The van der Waals surface area contributed by atoms with E-state index in [-0.39, 0.29) is 27.8 Å². The largest absolute Gasteiger partial charge is 0.505 e. The van der Waals surface area contributed by atoms with Gasteiger partial charge in [0.05, 0.1) is 16.8 Å². The molecule has 0 atom stereocenters. The van der Waals surface area contributed by atoms with E-state index >= 15 is 0 Å². The Balaban J connectivity index is 1.29. The Morgan fingerprint density at radius 3 is 1.46 bits per heavy atom. The van der Waals surface area contributed by atoms with Gasteiger partial charge in [0, 0.05) is 22.1 Å². The summed E-state index contributed by atoms with van der Waals surface area (Å²) in [5.41, 5.74) is 12.4. The number of aromatic hydroxyl groups is 2. The highest BCUT2D eigenvalue weighted by atomic mass is 32.2. The Kier molecular flexibility index (Phi) is 8.90. The number of phenols is 2. The zero-order valence-corrected chi connectivity index (χ0v) is 28.5. The maximum atomic E-state index is 12.2. The van der Waals surface area contributed by atoms with E-state index in [1.54, 1.807) is 36.4 Å². The van der Waals surface area contributed by atoms with Crippen molar-refractivity contribution in [2.45, 2.75) is 14.7 Å². The molecule has 0 saturated carbocycles. The van der Waals surface area contributed by atoms with Crippen LogP contribution in [0.15, 0.2) is 126 Å². The van der Waals surface area contributed by atoms with Gasteiger partial charge in [0.25, 0.3) is 30.4 Å². The Bertz CT molecular complexity index is 2850. The Labute approximate surface area is 294 Å². The van der Waals surface area contributed by atoms with Crippen LogP contribution < -0.4 is 11.5 Å². The highest BCUT2D eigenvalue weighted by Gasteiger charge is 2.27. The number of benzene rings is 6. The summed E-state index contributed by atoms with van der Waals surface area (Å²) in [5.74, 6) is -1.46. The van der Waals surface area contributed by atoms with Crippen molar-refractivity contribution in [1.82, 2.24) is 0 Å². The number of azo groups is 2. The molecule has 0 unspecified atom stereocenters. The molecule has 0 amide bonds. The molecule has 0 aliphatic rings. The Morgan fingerprint density at radius 2 is 0.962 bits per heavy atom. The normalized spacial score (nSPS) is 12.8. The molecule has 6 aromatic carbocycles. The molecular formula is C32H24N6O11S3. The first-order chi connectivity index (χ1) is 24.3. The van der Waals surface area contributed by atoms with Crippen LogP contribution in [0.4, 0.5) is 34.1 Å². The van der Waals surface area contributed by atoms with Crippen LogP contribution in [0.5, 0.6) is 11.5 Å². The number of hydrogen-bond donors (Lipinski definition) is 7. The van der Waals surface area contributed by atoms with Crippen LogP contribution in [0.3, 0.4) is 0 Å². The first-order valence-corrected chi connectivity index (χ1v) is 18.7. The van der Waals surface area contributed by atoms with Crippen molar-refractivity contribution in [3.63, 3.8) is 0 Å². The quantitative estimate of drug-likeness (QED) is 0.0476. The third-order valence-corrected chi connectivity index (χ3v) is 10.4. The fraction of sp³-hybridized carbons (Fsp3) is 0. The lowest BCUT2D eigenvalue weighted by molar-refractivity contribution is 0.471. The number of anilines is 2. The van der Waals surface area contributed by atoms with E-state index < -0.39 is 73.3 Å². The number of rotatable bonds is 8. The van der Waals surface area contributed by atoms with E-state index in [0.29, 0.717) is 28.3 Å². The molecule has 0 aliphatic carbocycles. The second-order valence-corrected chi connectivity index (χ2v) is 15.3. The number of nitrogen functional groups attached to an aromatic ring is 2. The van der Waals surface area contributed by atoms with Gasteiger partial charge in [-0.15, -0.1) is 10.2 Å². The van der Waals surface area contributed by atoms with Crippen LogP contribution >= 0.6 is 0 Å². The van der Waals surface area contributed by atoms with Gasteiger partial charge in [0.2, 0.25) is 0 Å². The van der Waals surface area contributed by atoms with Gasteiger partial charge in [0.15, 0.2) is 11.5 Å². The summed E-state index contributed by atoms with van der Waals surface area (Å²) < 4.78 is 102. The minimum atomic E-state index is -5.11. The number of nitrogens with two attached hydrogens (primary N) is 2. The van der Waals surface area contributed by atoms with Gasteiger partial charge in [-0.05, 0) is 77.2 Å². The predicted molar refractivity (Wildman–Crippen MR) is 190 cm³/mol. The van der Waals surface area contributed by atoms with E-state index in [1.807, 2.05) is 0 Å². The standard InChI is InChI=1S/C32H24N6O11S3/c33-19-6-1-18-13-26(51(44,45)46)29(31(39)22(18)14-19)37-35-20-7-2-16(3-8-20)17-4-9-21(10-5-17)36-38-30-27(52(47,48)49)15-23-25(50(41,42)43)12-11-24(34)28(23)32(30)40/h1-15,39-40H,33-34H2,(H,41,42,43)(H,44,45,46)(H,47,48,49). The molecule has 0 saturated heterocycles. The molecular weight excluding hydrogens is 741 g/mol. The van der Waals surface area contributed by atoms with Crippen molar-refractivity contribution < 1.29 is 49.1 Å². The molecule has 17 nitrogen and oxygen atoms in total. The lowest BCUT2D eigenvalue weighted by atomic mass is 10.1. The highest BCUT2D eigenvalue weighted by molar-refractivity contribution is 7.86. The molecule has 0 heterocycles. The van der Waals surface area contributed by atoms with Gasteiger partial charge < -0.3 is 21.7 Å². The molecule has 0 aromatic heterocycles. The summed E-state index contributed by atoms with van der Waals surface area (Å²) in [4.78, 5) is -2.42. The van der Waals surface area contributed by atoms with E-state index in [4.69, 9.17) is 11.5 Å². The van der Waals surface area contributed by atoms with Gasteiger partial charge in [-0.25, -0.2) is 0 Å². The molecule has 0 bridgehead atoms. The molecule has 266 valence electrons. The topological polar surface area (TPSA) is 305 Å². The van der Waals surface area contributed by atoms with Gasteiger partial charge in [-0.1, -0.05) is 30.3 Å². The van der Waals surface area contributed by atoms with Crippen molar-refractivity contribution in [3.05, 3.63) is 91.0 Å². The average molecular weight is 765 g/mol. The highest BCUT2D eigenvalue weighted by Crippen LogP contribution is 2.46. The molecule has 0 fully saturated rings. The second-order valence-electron chi connectivity index (χ2n) is 11.1. The SMILES string of the molecule is Nc1ccc2cc(S(=O)(=O)O)c(N=Nc3ccc(-c4ccc(N=Nc5c(S(=O)(=O)O)cc6c(S(=O)(=O)O)ccc(N)c6c5O)cc4)cc3)c(O)c2c1. The Morgan fingerprint density at radius 1 is 0.481 bits per heavy atom. The molecule has 0 aliphatic heterocycles. The van der Waals surface area contributed by atoms with Gasteiger partial charge in [0.1, 0.15) is 26.1 Å². The summed E-state index contributed by atoms with van der Waals surface area (Å²) in [5, 5.41) is 37.0. The van der Waals surface area contributed by atoms with Crippen LogP contribution in [-0.4, -0.2) is 49.1 Å². The maximum absolute atomic E-state index is 12.2. The van der Waals surface area contributed by atoms with Crippen molar-refractivity contribution in [1.29, 1.82) is 0 Å². The van der Waals surface area contributed by atoms with E-state index in [1.165, 1.54) is 30.3 Å². The van der Waals surface area contributed by atoms with Crippen LogP contribution in [0.25, 0.3) is 32.7 Å². The summed E-state index contributed by atoms with van der Waals surface area (Å²) >= 11 is 0. The van der Waals surface area contributed by atoms with Crippen LogP contribution in [0.1, 0.15) is 0 Å². The molecule has 6 rings (SSSR count). The first-order valence-electron chi connectivity index (χ1n) is 14.4. The second kappa shape index (κ2) is 12.9. The van der Waals surface area contributed by atoms with Gasteiger partial charge >= 0.3 is 0 Å². The molecule has 0 spiro atoms. The molecule has 52 heavy (non-hydrogen) atoms. The summed E-state index contributed by atoms with van der Waals surface area (Å²) in [7, 11) is -14.8. The Hall–Kier alpha value is -6.03. The van der Waals surface area contributed by atoms with Gasteiger partial charge in [-0.2, -0.15) is 35.5 Å². The smallest absolute Gasteiger partial charge is 0.296 e. The van der Waals surface area contributed by atoms with E-state index in [9.17, 15) is 49.1 Å². The third kappa shape index (κ3) is 6.96. The van der Waals surface area contributed by atoms with Crippen LogP contribution in [0.2, 0.25) is 0 Å². The minimum Gasteiger partial charge on any atom is -0.505 e. The fourth-order valence-electron chi connectivity index (χ4n) is 5.29. The molecule has 9 N–H and O–H groups in total. The average Bonchev–Trinajstić information content (AvgIpc) is 3.06. The number of fused-ring (bicyclic) bond motifs is 2. The van der Waals surface area contributed by atoms with Crippen molar-refractivity contribution >= 4 is 86.0 Å². The summed E-state index contributed by atoms with van der Waals surface area (Å²) in [6.45, 7) is 0. The third-order valence-electron chi connectivity index (χ3n) is 7.72. The van der Waals surface area contributed by atoms with Crippen molar-refractivity contribution in [2.75, 3.05) is 11.5 Å². The number of nitrogens with zero attached hydrogens (tertiary/aromatic N) is 4. The number of phenolic OH excluding ortho intramolecular Hbond substituents is 2. The van der Waals surface area contributed by atoms with Crippen LogP contribution in [0, 0.1) is 0 Å². The fourth-order valence-corrected chi connectivity index (χ4v) is 7.27. The van der Waals surface area contributed by atoms with Crippen molar-refractivity contribution in [2.24, 2.45) is 20.5 Å². The zero-order valence-electron chi connectivity index (χ0n) is 26.0. The van der Waals surface area contributed by atoms with E-state index in [2.05, 4.69) is 20.5 Å². The predicted octanol–water partition coefficient (Wildman–Crippen LogP) is 6.81. The minimum absolute atomic E-state index is 0.168. The van der Waals surface area contributed by atoms with Crippen molar-refractivity contribution in [3.8, 4) is 22.6 Å². The van der Waals surface area contributed by atoms with Gasteiger partial charge in [-0.3, -0.25) is 13.7 Å². The summed E-state index contributed by atoms with van der Waals surface area (Å²) in [6.07, 6.45) is 0. The summed E-state index contributed by atoms with van der Waals surface area (Å²) in [6, 6.07) is 20.9. The number of hydrogen-bond acceptors (Lipinski definition) is 14. The monoisotopic (exact) mass is 764 g/mol. The first kappa shape index (κ1) is 35.8.